The third-order valence-corrected chi connectivity index (χ3v) is 3.07. The second kappa shape index (κ2) is 6.76. The Morgan fingerprint density at radius 1 is 1.29 bits per heavy atom. The molecule has 0 spiro atoms. The van der Waals surface area contributed by atoms with Crippen molar-refractivity contribution in [2.45, 2.75) is 13.0 Å². The lowest BCUT2D eigenvalue weighted by atomic mass is 10.1. The normalized spacial score (nSPS) is 11.5. The van der Waals surface area contributed by atoms with Crippen LogP contribution in [0.25, 0.3) is 0 Å². The number of rotatable bonds is 4. The van der Waals surface area contributed by atoms with Gasteiger partial charge in [0.15, 0.2) is 5.11 Å². The maximum absolute atomic E-state index is 10.5. The highest BCUT2D eigenvalue weighted by atomic mass is 32.1. The van der Waals surface area contributed by atoms with E-state index in [2.05, 4.69) is 15.6 Å². The van der Waals surface area contributed by atoms with E-state index in [4.69, 9.17) is 12.2 Å². The van der Waals surface area contributed by atoms with Crippen molar-refractivity contribution in [1.29, 1.82) is 0 Å². The fraction of sp³-hybridized carbons (Fsp3) is 0.143. The van der Waals surface area contributed by atoms with E-state index in [-0.39, 0.29) is 11.7 Å². The number of nitrogens with zero attached hydrogens (tertiary/aromatic N) is 2. The fourth-order valence-electron chi connectivity index (χ4n) is 1.74. The monoisotopic (exact) mass is 302 g/mol. The molecule has 0 amide bonds. The molecule has 2 N–H and O–H groups in total. The molecular formula is C14H14N4O2S. The second-order valence-electron chi connectivity index (χ2n) is 4.39. The number of hydrogen-bond donors (Lipinski definition) is 2. The molecule has 2 rings (SSSR count). The van der Waals surface area contributed by atoms with Crippen molar-refractivity contribution in [3.63, 3.8) is 0 Å². The summed E-state index contributed by atoms with van der Waals surface area (Å²) in [5.74, 6) is 0.457. The number of hydrogen-bond acceptors (Lipinski definition) is 4. The molecule has 0 saturated carbocycles. The summed E-state index contributed by atoms with van der Waals surface area (Å²) in [7, 11) is 0. The standard InChI is InChI=1S/C14H14N4O2S/c1-10(11-5-3-2-4-6-11)16-14(21)17-13-8-7-12(9-15-13)18(19)20/h2-10H,1H3,(H2,15,16,17,21)/t10-/m0/s1. The Morgan fingerprint density at radius 2 is 2.00 bits per heavy atom. The SMILES string of the molecule is C[C@H](NC(=S)Nc1ccc([N+](=O)[O-])cn1)c1ccccc1. The van der Waals surface area contributed by atoms with Gasteiger partial charge in [-0.25, -0.2) is 4.98 Å². The highest BCUT2D eigenvalue weighted by Gasteiger charge is 2.08. The van der Waals surface area contributed by atoms with E-state index in [0.29, 0.717) is 10.9 Å². The van der Waals surface area contributed by atoms with Crippen molar-refractivity contribution < 1.29 is 4.92 Å². The first-order valence-corrected chi connectivity index (χ1v) is 6.70. The quantitative estimate of drug-likeness (QED) is 0.513. The molecule has 1 aromatic heterocycles. The Hall–Kier alpha value is -2.54. The Kier molecular flexibility index (Phi) is 4.78. The van der Waals surface area contributed by atoms with Crippen molar-refractivity contribution in [2.75, 3.05) is 5.32 Å². The molecule has 0 radical (unpaired) electrons. The largest absolute Gasteiger partial charge is 0.356 e. The van der Waals surface area contributed by atoms with Crippen LogP contribution in [-0.4, -0.2) is 15.0 Å². The molecule has 6 nitrogen and oxygen atoms in total. The fourth-order valence-corrected chi connectivity index (χ4v) is 2.02. The van der Waals surface area contributed by atoms with Crippen LogP contribution in [0.5, 0.6) is 0 Å². The third kappa shape index (κ3) is 4.22. The highest BCUT2D eigenvalue weighted by Crippen LogP contribution is 2.13. The van der Waals surface area contributed by atoms with Crippen LogP contribution in [-0.2, 0) is 0 Å². The summed E-state index contributed by atoms with van der Waals surface area (Å²) in [4.78, 5) is 14.0. The number of nitro groups is 1. The Labute approximate surface area is 127 Å². The molecule has 1 atom stereocenters. The second-order valence-corrected chi connectivity index (χ2v) is 4.80. The van der Waals surface area contributed by atoms with Gasteiger partial charge in [0.1, 0.15) is 12.0 Å². The minimum absolute atomic E-state index is 0.0456. The first kappa shape index (κ1) is 14.9. The molecule has 0 aliphatic carbocycles. The van der Waals surface area contributed by atoms with Crippen LogP contribution in [0.2, 0.25) is 0 Å². The van der Waals surface area contributed by atoms with Gasteiger partial charge in [0.05, 0.1) is 11.0 Å². The van der Waals surface area contributed by atoms with Crippen molar-refractivity contribution in [3.05, 3.63) is 64.3 Å². The van der Waals surface area contributed by atoms with Gasteiger partial charge in [0, 0.05) is 6.07 Å². The number of thiocarbonyl (C=S) groups is 1. The van der Waals surface area contributed by atoms with Gasteiger partial charge in [-0.3, -0.25) is 10.1 Å². The van der Waals surface area contributed by atoms with Gasteiger partial charge < -0.3 is 10.6 Å². The van der Waals surface area contributed by atoms with Crippen molar-refractivity contribution in [1.82, 2.24) is 10.3 Å². The summed E-state index contributed by atoms with van der Waals surface area (Å²) in [5.41, 5.74) is 1.05. The lowest BCUT2D eigenvalue weighted by Gasteiger charge is -2.16. The lowest BCUT2D eigenvalue weighted by Crippen LogP contribution is -2.31. The van der Waals surface area contributed by atoms with Crippen LogP contribution in [0.3, 0.4) is 0 Å². The summed E-state index contributed by atoms with van der Waals surface area (Å²) < 4.78 is 0. The zero-order chi connectivity index (χ0) is 15.2. The molecule has 21 heavy (non-hydrogen) atoms. The number of benzene rings is 1. The van der Waals surface area contributed by atoms with E-state index < -0.39 is 4.92 Å². The molecule has 7 heteroatoms. The average molecular weight is 302 g/mol. The minimum atomic E-state index is -0.495. The van der Waals surface area contributed by atoms with E-state index in [9.17, 15) is 10.1 Å². The summed E-state index contributed by atoms with van der Waals surface area (Å²) >= 11 is 5.20. The van der Waals surface area contributed by atoms with Crippen LogP contribution < -0.4 is 10.6 Å². The number of anilines is 1. The number of aromatic nitrogens is 1. The first-order chi connectivity index (χ1) is 10.1. The molecular weight excluding hydrogens is 288 g/mol. The molecule has 1 aromatic carbocycles. The molecule has 1 heterocycles. The van der Waals surface area contributed by atoms with Gasteiger partial charge >= 0.3 is 0 Å². The molecule has 108 valence electrons. The van der Waals surface area contributed by atoms with Crippen LogP contribution in [0.4, 0.5) is 11.5 Å². The van der Waals surface area contributed by atoms with E-state index in [1.54, 1.807) is 0 Å². The zero-order valence-corrected chi connectivity index (χ0v) is 12.1. The van der Waals surface area contributed by atoms with Crippen molar-refractivity contribution in [3.8, 4) is 0 Å². The summed E-state index contributed by atoms with van der Waals surface area (Å²) in [6.07, 6.45) is 1.19. The number of nitrogens with one attached hydrogen (secondary N) is 2. The molecule has 2 aromatic rings. The predicted molar refractivity (Wildman–Crippen MR) is 85.1 cm³/mol. The van der Waals surface area contributed by atoms with Crippen LogP contribution in [0.15, 0.2) is 48.7 Å². The van der Waals surface area contributed by atoms with E-state index in [0.717, 1.165) is 5.56 Å². The Bertz CT molecular complexity index is 631. The van der Waals surface area contributed by atoms with Gasteiger partial charge in [-0.1, -0.05) is 30.3 Å². The Morgan fingerprint density at radius 3 is 2.57 bits per heavy atom. The van der Waals surface area contributed by atoms with E-state index in [1.807, 2.05) is 37.3 Å². The topological polar surface area (TPSA) is 80.1 Å². The maximum atomic E-state index is 10.5. The summed E-state index contributed by atoms with van der Waals surface area (Å²) in [6, 6.07) is 12.8. The van der Waals surface area contributed by atoms with Crippen LogP contribution in [0.1, 0.15) is 18.5 Å². The molecule has 0 aliphatic rings. The third-order valence-electron chi connectivity index (χ3n) is 2.85. The van der Waals surface area contributed by atoms with Crippen molar-refractivity contribution in [2.24, 2.45) is 0 Å². The molecule has 0 unspecified atom stereocenters. The number of pyridine rings is 1. The van der Waals surface area contributed by atoms with E-state index in [1.165, 1.54) is 18.3 Å². The highest BCUT2D eigenvalue weighted by molar-refractivity contribution is 7.80. The Balaban J connectivity index is 1.94. The zero-order valence-electron chi connectivity index (χ0n) is 11.3. The lowest BCUT2D eigenvalue weighted by molar-refractivity contribution is -0.385. The maximum Gasteiger partial charge on any atom is 0.287 e. The van der Waals surface area contributed by atoms with Gasteiger partial charge in [0.25, 0.3) is 5.69 Å². The van der Waals surface area contributed by atoms with Crippen molar-refractivity contribution >= 4 is 28.8 Å². The van der Waals surface area contributed by atoms with Gasteiger partial charge in [0.2, 0.25) is 0 Å². The van der Waals surface area contributed by atoms with Gasteiger partial charge in [-0.05, 0) is 30.8 Å². The smallest absolute Gasteiger partial charge is 0.287 e. The van der Waals surface area contributed by atoms with Gasteiger partial charge in [-0.2, -0.15) is 0 Å². The first-order valence-electron chi connectivity index (χ1n) is 6.29. The average Bonchev–Trinajstić information content (AvgIpc) is 2.48. The summed E-state index contributed by atoms with van der Waals surface area (Å²) in [5, 5.41) is 17.0. The van der Waals surface area contributed by atoms with Crippen LogP contribution >= 0.6 is 12.2 Å². The van der Waals surface area contributed by atoms with Crippen LogP contribution in [0, 0.1) is 10.1 Å². The summed E-state index contributed by atoms with van der Waals surface area (Å²) in [6.45, 7) is 1.99. The van der Waals surface area contributed by atoms with E-state index >= 15 is 0 Å². The minimum Gasteiger partial charge on any atom is -0.356 e. The molecule has 0 fully saturated rings. The molecule has 0 saturated heterocycles. The molecule has 0 bridgehead atoms. The molecule has 0 aliphatic heterocycles. The predicted octanol–water partition coefficient (Wildman–Crippen LogP) is 3.04. The van der Waals surface area contributed by atoms with Gasteiger partial charge in [-0.15, -0.1) is 0 Å².